The fourth-order valence-electron chi connectivity index (χ4n) is 7.78. The lowest BCUT2D eigenvalue weighted by Gasteiger charge is -2.18. The van der Waals surface area contributed by atoms with Crippen molar-refractivity contribution in [2.45, 2.75) is 12.8 Å². The number of nitrogens with zero attached hydrogens (tertiary/aromatic N) is 5. The van der Waals surface area contributed by atoms with Gasteiger partial charge in [-0.3, -0.25) is 0 Å². The molecular weight excluding hydrogens is 611 g/mol. The van der Waals surface area contributed by atoms with Crippen LogP contribution >= 0.6 is 0 Å². The summed E-state index contributed by atoms with van der Waals surface area (Å²) in [6.07, 6.45) is 6.49. The Hall–Kier alpha value is -7.13. The highest BCUT2D eigenvalue weighted by Gasteiger charge is 2.22. The third kappa shape index (κ3) is 4.30. The molecule has 9 rings (SSSR count). The highest BCUT2D eigenvalue weighted by Crippen LogP contribution is 2.41. The molecule has 0 spiro atoms. The first-order valence-electron chi connectivity index (χ1n) is 16.6. The Bertz CT molecular complexity index is 2840. The van der Waals surface area contributed by atoms with Crippen LogP contribution < -0.4 is 0 Å². The van der Waals surface area contributed by atoms with Gasteiger partial charge in [0.1, 0.15) is 6.07 Å². The Morgan fingerprint density at radius 3 is 2.06 bits per heavy atom. The second-order valence-electron chi connectivity index (χ2n) is 12.5. The van der Waals surface area contributed by atoms with Gasteiger partial charge in [-0.2, -0.15) is 15.8 Å². The molecule has 1 aliphatic rings. The average Bonchev–Trinajstić information content (AvgIpc) is 3.70. The Labute approximate surface area is 289 Å². The molecule has 0 bridgehead atoms. The molecule has 0 saturated heterocycles. The zero-order valence-corrected chi connectivity index (χ0v) is 26.9. The lowest BCUT2D eigenvalue weighted by Crippen LogP contribution is -2.03. The average molecular weight is 638 g/mol. The van der Waals surface area contributed by atoms with E-state index in [0.717, 1.165) is 57.1 Å². The summed E-state index contributed by atoms with van der Waals surface area (Å²) in [6.45, 7) is 0. The Morgan fingerprint density at radius 1 is 0.560 bits per heavy atom. The van der Waals surface area contributed by atoms with E-state index in [1.54, 1.807) is 6.07 Å². The molecule has 8 aromatic rings. The summed E-state index contributed by atoms with van der Waals surface area (Å²) >= 11 is 0. The quantitative estimate of drug-likeness (QED) is 0.193. The molecule has 232 valence electrons. The highest BCUT2D eigenvalue weighted by atomic mass is 15.0. The maximum atomic E-state index is 10.8. The fraction of sp³-hybridized carbons (Fsp3) is 0.0444. The van der Waals surface area contributed by atoms with E-state index in [1.165, 1.54) is 22.2 Å². The van der Waals surface area contributed by atoms with E-state index in [1.807, 2.05) is 60.7 Å². The largest absolute Gasteiger partial charge is 0.313 e. The van der Waals surface area contributed by atoms with Crippen molar-refractivity contribution in [2.24, 2.45) is 0 Å². The number of allylic oxidation sites excluding steroid dienone is 1. The molecule has 0 saturated carbocycles. The zero-order chi connectivity index (χ0) is 33.8. The van der Waals surface area contributed by atoms with Gasteiger partial charge in [0.05, 0.1) is 51.1 Å². The maximum absolute atomic E-state index is 10.8. The van der Waals surface area contributed by atoms with Gasteiger partial charge in [0.2, 0.25) is 0 Å². The monoisotopic (exact) mass is 637 g/mol. The minimum absolute atomic E-state index is 0.476. The lowest BCUT2D eigenvalue weighted by molar-refractivity contribution is 0.888. The van der Waals surface area contributed by atoms with Crippen molar-refractivity contribution < 1.29 is 0 Å². The van der Waals surface area contributed by atoms with Crippen molar-refractivity contribution in [3.05, 3.63) is 161 Å². The smallest absolute Gasteiger partial charge is 0.100 e. The van der Waals surface area contributed by atoms with Crippen LogP contribution in [0.5, 0.6) is 0 Å². The van der Waals surface area contributed by atoms with Crippen molar-refractivity contribution in [1.82, 2.24) is 9.13 Å². The summed E-state index contributed by atoms with van der Waals surface area (Å²) < 4.78 is 4.50. The molecule has 1 aliphatic carbocycles. The number of fused-ring (bicyclic) bond motifs is 6. The van der Waals surface area contributed by atoms with Crippen molar-refractivity contribution >= 4 is 38.8 Å². The summed E-state index contributed by atoms with van der Waals surface area (Å²) in [4.78, 5) is 0. The van der Waals surface area contributed by atoms with E-state index in [-0.39, 0.29) is 0 Å². The van der Waals surface area contributed by atoms with Crippen LogP contribution in [0.2, 0.25) is 0 Å². The Morgan fingerprint density at radius 2 is 1.28 bits per heavy atom. The SMILES string of the molecule is N#Cc1ccc2c(c1)c1ccccc1n2-c1cccc(C#N)c1-c1cccc(-c2ccc(-n3c4c(c5ccccc53)C=CCC4)cc2)c1C#N. The third-order valence-electron chi connectivity index (χ3n) is 9.94. The van der Waals surface area contributed by atoms with Gasteiger partial charge in [-0.15, -0.1) is 0 Å². The molecule has 50 heavy (non-hydrogen) atoms. The van der Waals surface area contributed by atoms with Gasteiger partial charge in [-0.25, -0.2) is 0 Å². The molecule has 5 heteroatoms. The second kappa shape index (κ2) is 11.5. The van der Waals surface area contributed by atoms with Gasteiger partial charge in [-0.1, -0.05) is 84.9 Å². The number of aromatic nitrogens is 2. The topological polar surface area (TPSA) is 81.2 Å². The first kappa shape index (κ1) is 29.0. The molecule has 2 heterocycles. The van der Waals surface area contributed by atoms with Crippen LogP contribution in [0.1, 0.15) is 34.4 Å². The molecule has 2 aromatic heterocycles. The Kier molecular flexibility index (Phi) is 6.70. The van der Waals surface area contributed by atoms with Crippen LogP contribution in [0.3, 0.4) is 0 Å². The summed E-state index contributed by atoms with van der Waals surface area (Å²) in [5.41, 5.74) is 12.2. The maximum Gasteiger partial charge on any atom is 0.100 e. The third-order valence-corrected chi connectivity index (χ3v) is 9.94. The number of rotatable bonds is 4. The van der Waals surface area contributed by atoms with Crippen molar-refractivity contribution in [2.75, 3.05) is 0 Å². The summed E-state index contributed by atoms with van der Waals surface area (Å²) in [5, 5.41) is 34.1. The van der Waals surface area contributed by atoms with E-state index in [4.69, 9.17) is 0 Å². The predicted octanol–water partition coefficient (Wildman–Crippen LogP) is 10.6. The molecule has 6 aromatic carbocycles. The molecule has 0 amide bonds. The van der Waals surface area contributed by atoms with Crippen LogP contribution in [0, 0.1) is 34.0 Å². The highest BCUT2D eigenvalue weighted by molar-refractivity contribution is 6.10. The van der Waals surface area contributed by atoms with Gasteiger partial charge in [0.25, 0.3) is 0 Å². The van der Waals surface area contributed by atoms with Crippen LogP contribution in [-0.2, 0) is 6.42 Å². The Balaban J connectivity index is 1.23. The summed E-state index contributed by atoms with van der Waals surface area (Å²) in [7, 11) is 0. The molecule has 0 atom stereocenters. The van der Waals surface area contributed by atoms with E-state index in [0.29, 0.717) is 27.8 Å². The van der Waals surface area contributed by atoms with E-state index in [9.17, 15) is 15.8 Å². The molecular formula is C45H27N5. The van der Waals surface area contributed by atoms with Crippen molar-refractivity contribution in [3.8, 4) is 51.8 Å². The van der Waals surface area contributed by atoms with Gasteiger partial charge in [0, 0.05) is 49.8 Å². The van der Waals surface area contributed by atoms with Crippen LogP contribution in [-0.4, -0.2) is 9.13 Å². The van der Waals surface area contributed by atoms with Crippen molar-refractivity contribution in [1.29, 1.82) is 15.8 Å². The first-order valence-corrected chi connectivity index (χ1v) is 16.6. The number of hydrogen-bond donors (Lipinski definition) is 0. The van der Waals surface area contributed by atoms with Gasteiger partial charge in [0.15, 0.2) is 0 Å². The minimum Gasteiger partial charge on any atom is -0.313 e. The number of para-hydroxylation sites is 2. The zero-order valence-electron chi connectivity index (χ0n) is 26.9. The first-order chi connectivity index (χ1) is 24.7. The van der Waals surface area contributed by atoms with Crippen LogP contribution in [0.4, 0.5) is 0 Å². The summed E-state index contributed by atoms with van der Waals surface area (Å²) in [5.74, 6) is 0. The number of hydrogen-bond acceptors (Lipinski definition) is 3. The van der Waals surface area contributed by atoms with E-state index >= 15 is 0 Å². The van der Waals surface area contributed by atoms with E-state index in [2.05, 4.69) is 100 Å². The number of nitriles is 3. The molecule has 0 N–H and O–H groups in total. The molecule has 0 unspecified atom stereocenters. The standard InChI is InChI=1S/C45H27N5/c46-26-29-19-24-43-38(25-29)36-12-3-6-17-42(36)50(43)44-18-7-9-31(27-47)45(44)37-14-8-13-33(39(37)28-48)30-20-22-32(23-21-30)49-40-15-4-1-10-34(40)35-11-2-5-16-41(35)49/h1-4,6-15,17-25H,5,16H2. The number of benzene rings is 6. The van der Waals surface area contributed by atoms with E-state index < -0.39 is 0 Å². The van der Waals surface area contributed by atoms with Crippen LogP contribution in [0.25, 0.3) is 72.4 Å². The summed E-state index contributed by atoms with van der Waals surface area (Å²) in [6, 6.07) is 49.5. The molecule has 0 radical (unpaired) electrons. The molecule has 0 aliphatic heterocycles. The van der Waals surface area contributed by atoms with Crippen LogP contribution in [0.15, 0.2) is 133 Å². The fourth-order valence-corrected chi connectivity index (χ4v) is 7.78. The lowest BCUT2D eigenvalue weighted by atomic mass is 9.89. The minimum atomic E-state index is 0.476. The van der Waals surface area contributed by atoms with Gasteiger partial charge < -0.3 is 9.13 Å². The normalized spacial score (nSPS) is 12.1. The van der Waals surface area contributed by atoms with Crippen molar-refractivity contribution in [3.63, 3.8) is 0 Å². The predicted molar refractivity (Wildman–Crippen MR) is 200 cm³/mol. The molecule has 5 nitrogen and oxygen atoms in total. The van der Waals surface area contributed by atoms with Gasteiger partial charge in [-0.05, 0) is 73.0 Å². The molecule has 0 fully saturated rings. The second-order valence-corrected chi connectivity index (χ2v) is 12.5. The van der Waals surface area contributed by atoms with Gasteiger partial charge >= 0.3 is 0 Å².